The van der Waals surface area contributed by atoms with Crippen molar-refractivity contribution in [3.05, 3.63) is 7.05 Å². The van der Waals surface area contributed by atoms with Crippen LogP contribution < -0.4 is 5.32 Å². The number of ether oxygens (including phenoxy) is 1. The molecule has 1 atom stereocenters. The second kappa shape index (κ2) is 2.34. The van der Waals surface area contributed by atoms with Crippen LogP contribution in [-0.2, 0) is 4.74 Å². The average Bonchev–Trinajstić information content (AvgIpc) is 2.36. The van der Waals surface area contributed by atoms with Crippen LogP contribution in [0.25, 0.3) is 0 Å². The zero-order valence-corrected chi connectivity index (χ0v) is 5.26. The summed E-state index contributed by atoms with van der Waals surface area (Å²) in [7, 11) is 3.58. The van der Waals surface area contributed by atoms with Crippen molar-refractivity contribution >= 4 is 0 Å². The Hall–Kier alpha value is -0.590. The van der Waals surface area contributed by atoms with E-state index in [4.69, 9.17) is 10.00 Å². The third-order valence-electron chi connectivity index (χ3n) is 1.67. The van der Waals surface area contributed by atoms with Gasteiger partial charge in [-0.3, -0.25) is 0 Å². The first kappa shape index (κ1) is 6.53. The fourth-order valence-corrected chi connectivity index (χ4v) is 0.876. The molecule has 0 spiro atoms. The van der Waals surface area contributed by atoms with E-state index in [9.17, 15) is 0 Å². The van der Waals surface area contributed by atoms with Gasteiger partial charge in [0.15, 0.2) is 5.54 Å². The summed E-state index contributed by atoms with van der Waals surface area (Å²) in [6.45, 7) is 1.21. The predicted molar refractivity (Wildman–Crippen MR) is 31.1 cm³/mol. The molecule has 1 aliphatic heterocycles. The van der Waals surface area contributed by atoms with E-state index >= 15 is 0 Å². The normalized spacial score (nSPS) is 34.2. The number of nitriles is 1. The molecule has 0 aromatic heterocycles. The van der Waals surface area contributed by atoms with Gasteiger partial charge in [0.1, 0.15) is 12.7 Å². The molecule has 1 heterocycles. The highest BCUT2D eigenvalue weighted by molar-refractivity contribution is 5.01. The third kappa shape index (κ3) is 1.04. The van der Waals surface area contributed by atoms with E-state index in [1.54, 1.807) is 5.32 Å². The molecule has 3 nitrogen and oxygen atoms in total. The van der Waals surface area contributed by atoms with Gasteiger partial charge in [-0.1, -0.05) is 0 Å². The lowest BCUT2D eigenvalue weighted by Crippen LogP contribution is -2.91. The first-order valence-corrected chi connectivity index (χ1v) is 2.95. The maximum atomic E-state index is 8.62. The maximum absolute atomic E-state index is 8.62. The van der Waals surface area contributed by atoms with Gasteiger partial charge in [-0.2, -0.15) is 12.3 Å². The standard InChI is InChI=1S/C6H10N2O/c1-8-6(4-7)2-3-9-5-6/h1-3,5,8H2. The molecule has 0 radical (unpaired) electrons. The lowest BCUT2D eigenvalue weighted by Gasteiger charge is -2.16. The summed E-state index contributed by atoms with van der Waals surface area (Å²) in [6, 6.07) is 2.18. The van der Waals surface area contributed by atoms with Crippen LogP contribution in [0.1, 0.15) is 6.42 Å². The quantitative estimate of drug-likeness (QED) is 0.459. The van der Waals surface area contributed by atoms with Gasteiger partial charge in [-0.15, -0.1) is 0 Å². The molecule has 0 amide bonds. The minimum absolute atomic E-state index is 0.375. The molecule has 1 rings (SSSR count). The highest BCUT2D eigenvalue weighted by Gasteiger charge is 2.34. The number of hydrogen-bond donors (Lipinski definition) is 1. The topological polar surface area (TPSA) is 49.6 Å². The smallest absolute Gasteiger partial charge is 0.185 e. The molecule has 0 aromatic rings. The highest BCUT2D eigenvalue weighted by atomic mass is 16.5. The van der Waals surface area contributed by atoms with Gasteiger partial charge in [0.05, 0.1) is 6.61 Å². The first-order valence-electron chi connectivity index (χ1n) is 2.95. The van der Waals surface area contributed by atoms with Gasteiger partial charge in [0.25, 0.3) is 0 Å². The number of quaternary nitrogens is 1. The lowest BCUT2D eigenvalue weighted by atomic mass is 10.0. The monoisotopic (exact) mass is 126 g/mol. The van der Waals surface area contributed by atoms with Crippen LogP contribution in [0.4, 0.5) is 0 Å². The molecule has 1 saturated heterocycles. The molecule has 2 N–H and O–H groups in total. The first-order chi connectivity index (χ1) is 4.33. The molecule has 1 aliphatic rings. The summed E-state index contributed by atoms with van der Waals surface area (Å²) in [4.78, 5) is 0. The zero-order valence-electron chi connectivity index (χ0n) is 5.26. The van der Waals surface area contributed by atoms with Gasteiger partial charge in [0.2, 0.25) is 0 Å². The molecule has 0 bridgehead atoms. The fraction of sp³-hybridized carbons (Fsp3) is 0.667. The van der Waals surface area contributed by atoms with Gasteiger partial charge in [-0.25, -0.2) is 0 Å². The van der Waals surface area contributed by atoms with Gasteiger partial charge in [0, 0.05) is 6.42 Å². The van der Waals surface area contributed by atoms with Crippen molar-refractivity contribution < 1.29 is 10.1 Å². The Kier molecular flexibility index (Phi) is 1.70. The lowest BCUT2D eigenvalue weighted by molar-refractivity contribution is -0.658. The molecule has 9 heavy (non-hydrogen) atoms. The maximum Gasteiger partial charge on any atom is 0.185 e. The second-order valence-corrected chi connectivity index (χ2v) is 2.27. The summed E-state index contributed by atoms with van der Waals surface area (Å²) in [5, 5.41) is 10.3. The molecule has 3 heteroatoms. The predicted octanol–water partition coefficient (Wildman–Crippen LogP) is -0.976. The Morgan fingerprint density at radius 2 is 2.56 bits per heavy atom. The Bertz CT molecular complexity index is 132. The fourth-order valence-electron chi connectivity index (χ4n) is 0.876. The van der Waals surface area contributed by atoms with Crippen molar-refractivity contribution in [1.29, 1.82) is 5.26 Å². The Morgan fingerprint density at radius 3 is 2.78 bits per heavy atom. The number of nitrogens with zero attached hydrogens (tertiary/aromatic N) is 1. The number of rotatable bonds is 1. The summed E-state index contributed by atoms with van der Waals surface area (Å²) in [5.74, 6) is 0. The summed E-state index contributed by atoms with van der Waals surface area (Å²) in [5.41, 5.74) is -0.375. The van der Waals surface area contributed by atoms with Crippen molar-refractivity contribution in [2.24, 2.45) is 0 Å². The zero-order chi connectivity index (χ0) is 6.74. The minimum Gasteiger partial charge on any atom is -0.460 e. The van der Waals surface area contributed by atoms with E-state index in [2.05, 4.69) is 13.1 Å². The molecule has 0 aromatic carbocycles. The SMILES string of the molecule is [CH2-][NH2+]C1(C#N)CCOC1. The van der Waals surface area contributed by atoms with Crippen LogP contribution in [0.2, 0.25) is 0 Å². The second-order valence-electron chi connectivity index (χ2n) is 2.27. The number of nitrogens with two attached hydrogens (primary N) is 1. The van der Waals surface area contributed by atoms with Crippen LogP contribution >= 0.6 is 0 Å². The van der Waals surface area contributed by atoms with Crippen LogP contribution in [-0.4, -0.2) is 18.8 Å². The van der Waals surface area contributed by atoms with Crippen molar-refractivity contribution in [3.8, 4) is 6.07 Å². The number of hydrogen-bond acceptors (Lipinski definition) is 2. The van der Waals surface area contributed by atoms with Crippen molar-refractivity contribution in [2.75, 3.05) is 13.2 Å². The minimum atomic E-state index is -0.375. The molecular weight excluding hydrogens is 116 g/mol. The van der Waals surface area contributed by atoms with E-state index in [-0.39, 0.29) is 5.54 Å². The molecule has 1 fully saturated rings. The summed E-state index contributed by atoms with van der Waals surface area (Å²) in [6.07, 6.45) is 0.799. The average molecular weight is 126 g/mol. The van der Waals surface area contributed by atoms with Crippen molar-refractivity contribution in [3.63, 3.8) is 0 Å². The van der Waals surface area contributed by atoms with E-state index in [0.717, 1.165) is 6.42 Å². The Balaban J connectivity index is 2.59. The Labute approximate surface area is 54.6 Å². The van der Waals surface area contributed by atoms with Crippen LogP contribution in [0.3, 0.4) is 0 Å². The van der Waals surface area contributed by atoms with E-state index < -0.39 is 0 Å². The largest absolute Gasteiger partial charge is 0.460 e. The van der Waals surface area contributed by atoms with Crippen LogP contribution in [0, 0.1) is 18.4 Å². The van der Waals surface area contributed by atoms with E-state index in [1.165, 1.54) is 0 Å². The van der Waals surface area contributed by atoms with Crippen molar-refractivity contribution in [2.45, 2.75) is 12.0 Å². The molecule has 0 saturated carbocycles. The molecule has 50 valence electrons. The van der Waals surface area contributed by atoms with E-state index in [1.807, 2.05) is 0 Å². The van der Waals surface area contributed by atoms with E-state index in [0.29, 0.717) is 13.2 Å². The van der Waals surface area contributed by atoms with Crippen molar-refractivity contribution in [1.82, 2.24) is 0 Å². The molecule has 1 unspecified atom stereocenters. The van der Waals surface area contributed by atoms with Crippen LogP contribution in [0.5, 0.6) is 0 Å². The Morgan fingerprint density at radius 1 is 1.78 bits per heavy atom. The van der Waals surface area contributed by atoms with Gasteiger partial charge >= 0.3 is 0 Å². The van der Waals surface area contributed by atoms with Gasteiger partial charge < -0.3 is 10.1 Å². The molecule has 0 aliphatic carbocycles. The summed E-state index contributed by atoms with van der Waals surface area (Å²) < 4.78 is 5.05. The molecular formula is C6H10N2O. The van der Waals surface area contributed by atoms with Gasteiger partial charge in [-0.05, 0) is 0 Å². The van der Waals surface area contributed by atoms with Crippen LogP contribution in [0.15, 0.2) is 0 Å². The third-order valence-corrected chi connectivity index (χ3v) is 1.67. The summed E-state index contributed by atoms with van der Waals surface area (Å²) >= 11 is 0. The highest BCUT2D eigenvalue weighted by Crippen LogP contribution is 2.11.